The Morgan fingerprint density at radius 2 is 2.04 bits per heavy atom. The Hall–Kier alpha value is -2.40. The number of pyridine rings is 1. The van der Waals surface area contributed by atoms with Gasteiger partial charge in [0.25, 0.3) is 5.91 Å². The van der Waals surface area contributed by atoms with E-state index in [4.69, 9.17) is 0 Å². The second-order valence-electron chi connectivity index (χ2n) is 5.48. The average Bonchev–Trinajstić information content (AvgIpc) is 2.61. The first-order chi connectivity index (χ1) is 11.7. The maximum atomic E-state index is 11.7. The average molecular weight is 384 g/mol. The Kier molecular flexibility index (Phi) is 5.11. The molecule has 0 fully saturated rings. The molecule has 0 saturated carbocycles. The SMILES string of the molecule is CNC(=O)c1cccc(CCNc2ccnc3ccc(Br)cc23)c1. The lowest BCUT2D eigenvalue weighted by molar-refractivity contribution is 0.0963. The zero-order chi connectivity index (χ0) is 16.9. The van der Waals surface area contributed by atoms with Crippen LogP contribution in [0.25, 0.3) is 10.9 Å². The van der Waals surface area contributed by atoms with E-state index >= 15 is 0 Å². The first-order valence-electron chi connectivity index (χ1n) is 7.76. The summed E-state index contributed by atoms with van der Waals surface area (Å²) in [6.07, 6.45) is 2.65. The Balaban J connectivity index is 1.71. The molecule has 2 aromatic carbocycles. The second kappa shape index (κ2) is 7.45. The van der Waals surface area contributed by atoms with Gasteiger partial charge < -0.3 is 10.6 Å². The maximum Gasteiger partial charge on any atom is 0.251 e. The number of anilines is 1. The van der Waals surface area contributed by atoms with Crippen molar-refractivity contribution >= 4 is 38.4 Å². The predicted octanol–water partition coefficient (Wildman–Crippen LogP) is 4.01. The number of carbonyl (C=O) groups is 1. The third-order valence-corrected chi connectivity index (χ3v) is 4.34. The number of hydrogen-bond acceptors (Lipinski definition) is 3. The fourth-order valence-electron chi connectivity index (χ4n) is 2.63. The molecule has 0 spiro atoms. The van der Waals surface area contributed by atoms with Crippen LogP contribution in [0.1, 0.15) is 15.9 Å². The topological polar surface area (TPSA) is 54.0 Å². The molecule has 0 atom stereocenters. The van der Waals surface area contributed by atoms with Crippen molar-refractivity contribution in [3.05, 3.63) is 70.3 Å². The molecule has 1 heterocycles. The van der Waals surface area contributed by atoms with Crippen molar-refractivity contribution in [3.63, 3.8) is 0 Å². The lowest BCUT2D eigenvalue weighted by Crippen LogP contribution is -2.18. The summed E-state index contributed by atoms with van der Waals surface area (Å²) in [6, 6.07) is 15.7. The van der Waals surface area contributed by atoms with Crippen LogP contribution >= 0.6 is 15.9 Å². The zero-order valence-electron chi connectivity index (χ0n) is 13.3. The van der Waals surface area contributed by atoms with Crippen molar-refractivity contribution in [1.29, 1.82) is 0 Å². The first-order valence-corrected chi connectivity index (χ1v) is 8.56. The number of halogens is 1. The molecule has 0 unspecified atom stereocenters. The molecule has 1 amide bonds. The van der Waals surface area contributed by atoms with Gasteiger partial charge in [-0.15, -0.1) is 0 Å². The van der Waals surface area contributed by atoms with Crippen LogP contribution in [0, 0.1) is 0 Å². The molecule has 3 rings (SSSR count). The molecule has 0 aliphatic carbocycles. The van der Waals surface area contributed by atoms with Crippen LogP contribution < -0.4 is 10.6 Å². The minimum atomic E-state index is -0.0604. The fraction of sp³-hybridized carbons (Fsp3) is 0.158. The van der Waals surface area contributed by atoms with E-state index < -0.39 is 0 Å². The van der Waals surface area contributed by atoms with Gasteiger partial charge in [-0.3, -0.25) is 9.78 Å². The van der Waals surface area contributed by atoms with Gasteiger partial charge in [-0.25, -0.2) is 0 Å². The van der Waals surface area contributed by atoms with Crippen LogP contribution in [-0.4, -0.2) is 24.5 Å². The number of aromatic nitrogens is 1. The van der Waals surface area contributed by atoms with Gasteiger partial charge in [-0.05, 0) is 48.4 Å². The molecule has 24 heavy (non-hydrogen) atoms. The first kappa shape index (κ1) is 16.5. The van der Waals surface area contributed by atoms with Crippen LogP contribution in [0.4, 0.5) is 5.69 Å². The fourth-order valence-corrected chi connectivity index (χ4v) is 2.99. The number of rotatable bonds is 5. The molecular formula is C19H18BrN3O. The third-order valence-electron chi connectivity index (χ3n) is 3.85. The van der Waals surface area contributed by atoms with E-state index in [0.717, 1.165) is 39.6 Å². The summed E-state index contributed by atoms with van der Waals surface area (Å²) >= 11 is 3.51. The summed E-state index contributed by atoms with van der Waals surface area (Å²) in [7, 11) is 1.64. The summed E-state index contributed by atoms with van der Waals surface area (Å²) in [5.41, 5.74) is 3.84. The molecule has 0 bridgehead atoms. The molecule has 122 valence electrons. The molecular weight excluding hydrogens is 366 g/mol. The van der Waals surface area contributed by atoms with Crippen molar-refractivity contribution in [2.75, 3.05) is 18.9 Å². The Labute approximate surface area is 149 Å². The maximum absolute atomic E-state index is 11.7. The number of hydrogen-bond donors (Lipinski definition) is 2. The molecule has 0 aliphatic rings. The Morgan fingerprint density at radius 3 is 2.88 bits per heavy atom. The standard InChI is InChI=1S/C19H18BrN3O/c1-21-19(24)14-4-2-3-13(11-14)7-9-22-18-8-10-23-17-6-5-15(20)12-16(17)18/h2-6,8,10-12H,7,9H2,1H3,(H,21,24)(H,22,23). The van der Waals surface area contributed by atoms with Gasteiger partial charge in [0, 0.05) is 40.9 Å². The summed E-state index contributed by atoms with van der Waals surface area (Å²) in [5.74, 6) is -0.0604. The van der Waals surface area contributed by atoms with E-state index in [1.54, 1.807) is 7.05 Å². The summed E-state index contributed by atoms with van der Waals surface area (Å²) in [5, 5.41) is 7.20. The summed E-state index contributed by atoms with van der Waals surface area (Å²) in [6.45, 7) is 0.781. The lowest BCUT2D eigenvalue weighted by atomic mass is 10.1. The highest BCUT2D eigenvalue weighted by Gasteiger charge is 2.05. The van der Waals surface area contributed by atoms with Crippen molar-refractivity contribution in [3.8, 4) is 0 Å². The van der Waals surface area contributed by atoms with Gasteiger partial charge in [0.2, 0.25) is 0 Å². The summed E-state index contributed by atoms with van der Waals surface area (Å²) in [4.78, 5) is 16.1. The number of fused-ring (bicyclic) bond motifs is 1. The van der Waals surface area contributed by atoms with Gasteiger partial charge in [0.1, 0.15) is 0 Å². The van der Waals surface area contributed by atoms with E-state index in [1.807, 2.05) is 48.7 Å². The highest BCUT2D eigenvalue weighted by atomic mass is 79.9. The van der Waals surface area contributed by atoms with Crippen LogP contribution in [0.3, 0.4) is 0 Å². The Morgan fingerprint density at radius 1 is 1.17 bits per heavy atom. The Bertz CT molecular complexity index is 879. The normalized spacial score (nSPS) is 10.6. The number of nitrogens with zero attached hydrogens (tertiary/aromatic N) is 1. The number of amides is 1. The van der Waals surface area contributed by atoms with Gasteiger partial charge in [0.15, 0.2) is 0 Å². The molecule has 2 N–H and O–H groups in total. The smallest absolute Gasteiger partial charge is 0.251 e. The highest BCUT2D eigenvalue weighted by Crippen LogP contribution is 2.25. The van der Waals surface area contributed by atoms with E-state index in [0.29, 0.717) is 5.56 Å². The van der Waals surface area contributed by atoms with Crippen LogP contribution in [0.15, 0.2) is 59.2 Å². The van der Waals surface area contributed by atoms with E-state index in [1.165, 1.54) is 0 Å². The monoisotopic (exact) mass is 383 g/mol. The molecule has 1 aromatic heterocycles. The van der Waals surface area contributed by atoms with Gasteiger partial charge in [-0.2, -0.15) is 0 Å². The molecule has 4 nitrogen and oxygen atoms in total. The third kappa shape index (κ3) is 3.74. The quantitative estimate of drug-likeness (QED) is 0.699. The molecule has 5 heteroatoms. The largest absolute Gasteiger partial charge is 0.384 e. The molecule has 0 saturated heterocycles. The van der Waals surface area contributed by atoms with Gasteiger partial charge >= 0.3 is 0 Å². The predicted molar refractivity (Wildman–Crippen MR) is 101 cm³/mol. The zero-order valence-corrected chi connectivity index (χ0v) is 14.9. The van der Waals surface area contributed by atoms with Crippen molar-refractivity contribution in [2.24, 2.45) is 0 Å². The van der Waals surface area contributed by atoms with Gasteiger partial charge in [-0.1, -0.05) is 28.1 Å². The van der Waals surface area contributed by atoms with E-state index in [9.17, 15) is 4.79 Å². The van der Waals surface area contributed by atoms with Crippen LogP contribution in [0.5, 0.6) is 0 Å². The minimum absolute atomic E-state index is 0.0604. The van der Waals surface area contributed by atoms with Crippen LogP contribution in [0.2, 0.25) is 0 Å². The number of carbonyl (C=O) groups excluding carboxylic acids is 1. The van der Waals surface area contributed by atoms with E-state index in [-0.39, 0.29) is 5.91 Å². The number of nitrogens with one attached hydrogen (secondary N) is 2. The van der Waals surface area contributed by atoms with Crippen molar-refractivity contribution in [2.45, 2.75) is 6.42 Å². The summed E-state index contributed by atoms with van der Waals surface area (Å²) < 4.78 is 1.03. The van der Waals surface area contributed by atoms with E-state index in [2.05, 4.69) is 37.6 Å². The van der Waals surface area contributed by atoms with Crippen molar-refractivity contribution in [1.82, 2.24) is 10.3 Å². The van der Waals surface area contributed by atoms with Crippen molar-refractivity contribution < 1.29 is 4.79 Å². The minimum Gasteiger partial charge on any atom is -0.384 e. The molecule has 3 aromatic rings. The van der Waals surface area contributed by atoms with Crippen LogP contribution in [-0.2, 0) is 6.42 Å². The highest BCUT2D eigenvalue weighted by molar-refractivity contribution is 9.10. The number of benzene rings is 2. The second-order valence-corrected chi connectivity index (χ2v) is 6.39. The lowest BCUT2D eigenvalue weighted by Gasteiger charge is -2.10. The molecule has 0 radical (unpaired) electrons. The molecule has 0 aliphatic heterocycles. The van der Waals surface area contributed by atoms with Gasteiger partial charge in [0.05, 0.1) is 5.52 Å².